The van der Waals surface area contributed by atoms with Crippen molar-refractivity contribution in [2.24, 2.45) is 16.7 Å². The minimum absolute atomic E-state index is 0.105. The highest BCUT2D eigenvalue weighted by atomic mass is 16.3. The summed E-state index contributed by atoms with van der Waals surface area (Å²) in [4.78, 5) is 0. The quantitative estimate of drug-likeness (QED) is 0.762. The van der Waals surface area contributed by atoms with Crippen LogP contribution in [0.25, 0.3) is 5.57 Å². The van der Waals surface area contributed by atoms with E-state index < -0.39 is 0 Å². The second-order valence-electron chi connectivity index (χ2n) is 7.84. The molecule has 0 radical (unpaired) electrons. The zero-order chi connectivity index (χ0) is 14.4. The Morgan fingerprint density at radius 2 is 2.05 bits per heavy atom. The Hall–Kier alpha value is -1.28. The van der Waals surface area contributed by atoms with E-state index in [4.69, 9.17) is 0 Å². The van der Waals surface area contributed by atoms with Gasteiger partial charge in [-0.15, -0.1) is 0 Å². The molecule has 1 unspecified atom stereocenters. The molecule has 0 heterocycles. The lowest BCUT2D eigenvalue weighted by Crippen LogP contribution is -2.41. The molecule has 2 saturated carbocycles. The summed E-state index contributed by atoms with van der Waals surface area (Å²) < 4.78 is 0. The molecular weight excluding hydrogens is 260 g/mol. The highest BCUT2D eigenvalue weighted by molar-refractivity contribution is 5.77. The number of phenolic OH excluding ortho intramolecular Hbond substituents is 1. The summed E-state index contributed by atoms with van der Waals surface area (Å²) in [6.45, 7) is 2.33. The normalized spacial score (nSPS) is 43.0. The van der Waals surface area contributed by atoms with E-state index in [0.717, 1.165) is 38.0 Å². The number of aliphatic hydroxyl groups excluding tert-OH is 1. The van der Waals surface area contributed by atoms with Crippen molar-refractivity contribution in [3.8, 4) is 5.75 Å². The van der Waals surface area contributed by atoms with E-state index in [1.807, 2.05) is 12.1 Å². The topological polar surface area (TPSA) is 40.5 Å². The standard InChI is InChI=1S/C19H22O2/c1-18-7-6-15-14-4-3-13(20)8-11(14)2-5-16(15)19(18)10-12(19)9-17(18)21/h3-4,8,12,17,20-21H,2,5-7,9-10H2,1H3/t12-,17?,18-,19+/m1/s1. The zero-order valence-corrected chi connectivity index (χ0v) is 12.5. The average Bonchev–Trinajstić information content (AvgIpc) is 3.12. The van der Waals surface area contributed by atoms with Gasteiger partial charge in [0.1, 0.15) is 5.75 Å². The number of benzene rings is 1. The number of phenols is 1. The van der Waals surface area contributed by atoms with Gasteiger partial charge in [-0.25, -0.2) is 0 Å². The van der Waals surface area contributed by atoms with Crippen LogP contribution in [0.2, 0.25) is 0 Å². The predicted molar refractivity (Wildman–Crippen MR) is 81.9 cm³/mol. The third-order valence-corrected chi connectivity index (χ3v) is 7.22. The molecule has 2 heteroatoms. The van der Waals surface area contributed by atoms with Gasteiger partial charge in [0, 0.05) is 10.8 Å². The molecular formula is C19H22O2. The van der Waals surface area contributed by atoms with Crippen molar-refractivity contribution < 1.29 is 10.2 Å². The van der Waals surface area contributed by atoms with Crippen LogP contribution in [-0.2, 0) is 6.42 Å². The molecule has 4 aliphatic carbocycles. The van der Waals surface area contributed by atoms with Crippen LogP contribution in [0.4, 0.5) is 0 Å². The van der Waals surface area contributed by atoms with Gasteiger partial charge in [0.2, 0.25) is 0 Å². The summed E-state index contributed by atoms with van der Waals surface area (Å²) in [5.41, 5.74) is 6.32. The molecule has 1 aromatic rings. The smallest absolute Gasteiger partial charge is 0.115 e. The molecule has 0 bridgehead atoms. The van der Waals surface area contributed by atoms with Gasteiger partial charge in [-0.2, -0.15) is 0 Å². The number of aryl methyl sites for hydroxylation is 1. The fourth-order valence-corrected chi connectivity index (χ4v) is 6.06. The van der Waals surface area contributed by atoms with E-state index in [-0.39, 0.29) is 11.5 Å². The molecule has 4 atom stereocenters. The van der Waals surface area contributed by atoms with Crippen molar-refractivity contribution >= 4 is 5.57 Å². The first-order chi connectivity index (χ1) is 10.1. The molecule has 21 heavy (non-hydrogen) atoms. The van der Waals surface area contributed by atoms with Gasteiger partial charge in [-0.05, 0) is 73.3 Å². The number of hydrogen-bond donors (Lipinski definition) is 2. The fourth-order valence-electron chi connectivity index (χ4n) is 6.06. The van der Waals surface area contributed by atoms with E-state index in [0.29, 0.717) is 11.2 Å². The van der Waals surface area contributed by atoms with E-state index in [2.05, 4.69) is 13.0 Å². The van der Waals surface area contributed by atoms with Gasteiger partial charge in [0.15, 0.2) is 0 Å². The maximum Gasteiger partial charge on any atom is 0.115 e. The van der Waals surface area contributed by atoms with E-state index in [1.54, 1.807) is 11.1 Å². The second kappa shape index (κ2) is 3.55. The Labute approximate surface area is 125 Å². The maximum atomic E-state index is 10.5. The van der Waals surface area contributed by atoms with Crippen LogP contribution in [0.15, 0.2) is 23.8 Å². The molecule has 0 aromatic heterocycles. The number of allylic oxidation sites excluding steroid dienone is 2. The van der Waals surface area contributed by atoms with E-state index >= 15 is 0 Å². The molecule has 2 nitrogen and oxygen atoms in total. The number of fused-ring (bicyclic) bond motifs is 2. The Morgan fingerprint density at radius 3 is 2.90 bits per heavy atom. The van der Waals surface area contributed by atoms with Crippen molar-refractivity contribution in [1.29, 1.82) is 0 Å². The Kier molecular flexibility index (Phi) is 2.07. The lowest BCUT2D eigenvalue weighted by Gasteiger charge is -2.46. The van der Waals surface area contributed by atoms with E-state index in [9.17, 15) is 10.2 Å². The van der Waals surface area contributed by atoms with Gasteiger partial charge < -0.3 is 10.2 Å². The van der Waals surface area contributed by atoms with Crippen LogP contribution in [0.5, 0.6) is 5.75 Å². The molecule has 0 aliphatic heterocycles. The summed E-state index contributed by atoms with van der Waals surface area (Å²) in [7, 11) is 0. The predicted octanol–water partition coefficient (Wildman–Crippen LogP) is 3.66. The van der Waals surface area contributed by atoms with Gasteiger partial charge >= 0.3 is 0 Å². The molecule has 2 N–H and O–H groups in total. The SMILES string of the molecule is C[C@]12CCC3=C(CCc4cc(O)ccc43)[C@@]13C[C@H]3CC2O. The van der Waals surface area contributed by atoms with Crippen LogP contribution in [0.1, 0.15) is 50.2 Å². The molecule has 4 aliphatic rings. The first kappa shape index (κ1) is 12.3. The van der Waals surface area contributed by atoms with Crippen LogP contribution in [-0.4, -0.2) is 16.3 Å². The first-order valence-electron chi connectivity index (χ1n) is 8.29. The van der Waals surface area contributed by atoms with Crippen LogP contribution in [0.3, 0.4) is 0 Å². The van der Waals surface area contributed by atoms with Crippen LogP contribution >= 0.6 is 0 Å². The highest BCUT2D eigenvalue weighted by Gasteiger charge is 2.74. The summed E-state index contributed by atoms with van der Waals surface area (Å²) in [5.74, 6) is 1.11. The number of hydrogen-bond acceptors (Lipinski definition) is 2. The highest BCUT2D eigenvalue weighted by Crippen LogP contribution is 2.80. The molecule has 1 aromatic carbocycles. The van der Waals surface area contributed by atoms with Crippen LogP contribution < -0.4 is 0 Å². The number of rotatable bonds is 0. The van der Waals surface area contributed by atoms with Crippen molar-refractivity contribution in [2.75, 3.05) is 0 Å². The van der Waals surface area contributed by atoms with Crippen molar-refractivity contribution in [3.63, 3.8) is 0 Å². The minimum Gasteiger partial charge on any atom is -0.508 e. The third kappa shape index (κ3) is 1.25. The zero-order valence-electron chi connectivity index (χ0n) is 12.5. The molecule has 2 fully saturated rings. The Balaban J connectivity index is 1.70. The Morgan fingerprint density at radius 1 is 1.19 bits per heavy atom. The minimum atomic E-state index is -0.105. The van der Waals surface area contributed by atoms with Crippen molar-refractivity contribution in [2.45, 2.75) is 51.6 Å². The maximum absolute atomic E-state index is 10.5. The second-order valence-corrected chi connectivity index (χ2v) is 7.84. The van der Waals surface area contributed by atoms with Gasteiger partial charge in [0.25, 0.3) is 0 Å². The lowest BCUT2D eigenvalue weighted by molar-refractivity contribution is 0.0114. The van der Waals surface area contributed by atoms with Gasteiger partial charge in [-0.1, -0.05) is 18.6 Å². The fraction of sp³-hybridized carbons (Fsp3) is 0.579. The van der Waals surface area contributed by atoms with Gasteiger partial charge in [0.05, 0.1) is 6.10 Å². The first-order valence-corrected chi connectivity index (χ1v) is 8.29. The molecule has 1 spiro atoms. The van der Waals surface area contributed by atoms with Crippen molar-refractivity contribution in [3.05, 3.63) is 34.9 Å². The molecule has 0 amide bonds. The Bertz CT molecular complexity index is 689. The van der Waals surface area contributed by atoms with E-state index in [1.165, 1.54) is 17.5 Å². The monoisotopic (exact) mass is 282 g/mol. The summed E-state index contributed by atoms with van der Waals surface area (Å²) >= 11 is 0. The van der Waals surface area contributed by atoms with Gasteiger partial charge in [-0.3, -0.25) is 0 Å². The third-order valence-electron chi connectivity index (χ3n) is 7.22. The number of aliphatic hydroxyl groups is 1. The molecule has 0 saturated heterocycles. The largest absolute Gasteiger partial charge is 0.508 e. The molecule has 5 rings (SSSR count). The molecule has 110 valence electrons. The summed E-state index contributed by atoms with van der Waals surface area (Å²) in [6, 6.07) is 5.88. The summed E-state index contributed by atoms with van der Waals surface area (Å²) in [5, 5.41) is 20.3. The van der Waals surface area contributed by atoms with Crippen molar-refractivity contribution in [1.82, 2.24) is 0 Å². The van der Waals surface area contributed by atoms with Crippen LogP contribution in [0, 0.1) is 16.7 Å². The number of aromatic hydroxyl groups is 1. The summed E-state index contributed by atoms with van der Waals surface area (Å²) in [6.07, 6.45) is 6.58. The average molecular weight is 282 g/mol. The lowest BCUT2D eigenvalue weighted by atomic mass is 9.59.